The van der Waals surface area contributed by atoms with Gasteiger partial charge < -0.3 is 9.47 Å². The first-order valence-corrected chi connectivity index (χ1v) is 10.4. The highest BCUT2D eigenvalue weighted by Gasteiger charge is 2.45. The van der Waals surface area contributed by atoms with Gasteiger partial charge in [0.05, 0.1) is 8.80 Å². The SMILES string of the molecule is C[SiH](C)c1cc(C(C)(C)C)ccc1[C@H]1OC(=O)OC1(C)C. The van der Waals surface area contributed by atoms with E-state index in [2.05, 4.69) is 52.1 Å². The summed E-state index contributed by atoms with van der Waals surface area (Å²) in [5.74, 6) is 0. The molecule has 1 saturated heterocycles. The van der Waals surface area contributed by atoms with Gasteiger partial charge in [-0.3, -0.25) is 0 Å². The Kier molecular flexibility index (Phi) is 3.95. The minimum atomic E-state index is -1.05. The molecule has 1 aromatic rings. The predicted molar refractivity (Wildman–Crippen MR) is 88.0 cm³/mol. The average molecular weight is 306 g/mol. The topological polar surface area (TPSA) is 35.5 Å². The van der Waals surface area contributed by atoms with Crippen LogP contribution in [0.25, 0.3) is 0 Å². The molecule has 0 N–H and O–H groups in total. The monoisotopic (exact) mass is 306 g/mol. The third kappa shape index (κ3) is 3.15. The third-order valence-corrected chi connectivity index (χ3v) is 5.79. The van der Waals surface area contributed by atoms with Crippen molar-refractivity contribution >= 4 is 20.1 Å². The van der Waals surface area contributed by atoms with Crippen LogP contribution in [0.1, 0.15) is 51.8 Å². The van der Waals surface area contributed by atoms with Crippen LogP contribution in [0.3, 0.4) is 0 Å². The normalized spacial score (nSPS) is 21.3. The maximum atomic E-state index is 11.5. The largest absolute Gasteiger partial charge is 0.509 e. The molecule has 1 fully saturated rings. The van der Waals surface area contributed by atoms with Gasteiger partial charge in [0.2, 0.25) is 0 Å². The first-order valence-electron chi connectivity index (χ1n) is 7.56. The van der Waals surface area contributed by atoms with E-state index in [1.165, 1.54) is 10.8 Å². The van der Waals surface area contributed by atoms with Gasteiger partial charge in [0, 0.05) is 0 Å². The molecule has 0 amide bonds. The zero-order valence-electron chi connectivity index (χ0n) is 14.1. The molecule has 21 heavy (non-hydrogen) atoms. The fourth-order valence-electron chi connectivity index (χ4n) is 2.75. The Morgan fingerprint density at radius 2 is 1.81 bits per heavy atom. The van der Waals surface area contributed by atoms with Gasteiger partial charge in [-0.05, 0) is 30.4 Å². The van der Waals surface area contributed by atoms with Crippen molar-refractivity contribution in [2.24, 2.45) is 0 Å². The lowest BCUT2D eigenvalue weighted by Crippen LogP contribution is -2.35. The van der Waals surface area contributed by atoms with Crippen LogP contribution in [-0.4, -0.2) is 20.6 Å². The first-order chi connectivity index (χ1) is 9.52. The van der Waals surface area contributed by atoms with Crippen LogP contribution in [0, 0.1) is 0 Å². The van der Waals surface area contributed by atoms with Crippen LogP contribution >= 0.6 is 0 Å². The lowest BCUT2D eigenvalue weighted by atomic mass is 9.85. The smallest absolute Gasteiger partial charge is 0.424 e. The molecule has 4 heteroatoms. The van der Waals surface area contributed by atoms with E-state index in [0.717, 1.165) is 5.56 Å². The summed E-state index contributed by atoms with van der Waals surface area (Å²) in [6.45, 7) is 15.1. The molecule has 0 radical (unpaired) electrons. The van der Waals surface area contributed by atoms with Crippen LogP contribution in [0.2, 0.25) is 13.1 Å². The molecule has 1 atom stereocenters. The van der Waals surface area contributed by atoms with Crippen molar-refractivity contribution in [3.8, 4) is 0 Å². The average Bonchev–Trinajstić information content (AvgIpc) is 2.60. The van der Waals surface area contributed by atoms with Crippen molar-refractivity contribution in [2.75, 3.05) is 0 Å². The molecule has 1 aliphatic heterocycles. The Labute approximate surface area is 129 Å². The van der Waals surface area contributed by atoms with E-state index in [4.69, 9.17) is 9.47 Å². The Balaban J connectivity index is 2.52. The van der Waals surface area contributed by atoms with Crippen molar-refractivity contribution in [1.82, 2.24) is 0 Å². The second-order valence-corrected chi connectivity index (χ2v) is 10.6. The van der Waals surface area contributed by atoms with Crippen molar-refractivity contribution < 1.29 is 14.3 Å². The molecule has 0 aromatic heterocycles. The number of hydrogen-bond donors (Lipinski definition) is 0. The fraction of sp³-hybridized carbons (Fsp3) is 0.588. The number of rotatable bonds is 2. The number of ether oxygens (including phenoxy) is 2. The van der Waals surface area contributed by atoms with Gasteiger partial charge in [-0.15, -0.1) is 0 Å². The van der Waals surface area contributed by atoms with Crippen molar-refractivity contribution in [3.05, 3.63) is 29.3 Å². The maximum Gasteiger partial charge on any atom is 0.509 e. The van der Waals surface area contributed by atoms with E-state index < -0.39 is 20.6 Å². The van der Waals surface area contributed by atoms with E-state index in [1.807, 2.05) is 13.8 Å². The summed E-state index contributed by atoms with van der Waals surface area (Å²) in [5.41, 5.74) is 1.94. The number of carbonyl (C=O) groups is 1. The summed E-state index contributed by atoms with van der Waals surface area (Å²) in [5, 5.41) is 1.36. The molecule has 116 valence electrons. The van der Waals surface area contributed by atoms with Crippen molar-refractivity contribution in [3.63, 3.8) is 0 Å². The second kappa shape index (κ2) is 5.16. The molecule has 3 nitrogen and oxygen atoms in total. The van der Waals surface area contributed by atoms with E-state index in [1.54, 1.807) is 0 Å². The van der Waals surface area contributed by atoms with Crippen LogP contribution in [-0.2, 0) is 14.9 Å². The molecular formula is C17H26O3Si. The molecule has 0 spiro atoms. The lowest BCUT2D eigenvalue weighted by Gasteiger charge is -2.27. The second-order valence-electron chi connectivity index (χ2n) is 7.70. The number of benzene rings is 1. The quantitative estimate of drug-likeness (QED) is 0.618. The van der Waals surface area contributed by atoms with Gasteiger partial charge in [0.15, 0.2) is 11.7 Å². The minimum absolute atomic E-state index is 0.120. The summed E-state index contributed by atoms with van der Waals surface area (Å²) in [6, 6.07) is 6.57. The Hall–Kier alpha value is -1.29. The van der Waals surface area contributed by atoms with E-state index in [0.29, 0.717) is 0 Å². The van der Waals surface area contributed by atoms with Crippen molar-refractivity contribution in [1.29, 1.82) is 0 Å². The number of cyclic esters (lactones) is 2. The van der Waals surface area contributed by atoms with Gasteiger partial charge in [-0.25, -0.2) is 4.79 Å². The summed E-state index contributed by atoms with van der Waals surface area (Å²) >= 11 is 0. The van der Waals surface area contributed by atoms with Crippen LogP contribution in [0.5, 0.6) is 0 Å². The van der Waals surface area contributed by atoms with Gasteiger partial charge >= 0.3 is 6.16 Å². The summed E-state index contributed by atoms with van der Waals surface area (Å²) in [4.78, 5) is 11.5. The molecule has 1 aliphatic rings. The lowest BCUT2D eigenvalue weighted by molar-refractivity contribution is 0.0645. The third-order valence-electron chi connectivity index (χ3n) is 4.05. The fourth-order valence-corrected chi connectivity index (χ4v) is 4.18. The summed E-state index contributed by atoms with van der Waals surface area (Å²) in [7, 11) is -1.05. The first kappa shape index (κ1) is 16.1. The van der Waals surface area contributed by atoms with Gasteiger partial charge in [-0.2, -0.15) is 0 Å². The maximum absolute atomic E-state index is 11.5. The molecule has 1 heterocycles. The number of carbonyl (C=O) groups excluding carboxylic acids is 1. The molecule has 2 rings (SSSR count). The minimum Gasteiger partial charge on any atom is -0.424 e. The summed E-state index contributed by atoms with van der Waals surface area (Å²) < 4.78 is 10.7. The summed E-state index contributed by atoms with van der Waals surface area (Å²) in [6.07, 6.45) is -0.884. The van der Waals surface area contributed by atoms with Crippen LogP contribution < -0.4 is 5.19 Å². The molecule has 0 unspecified atom stereocenters. The molecule has 1 aromatic carbocycles. The van der Waals surface area contributed by atoms with E-state index in [9.17, 15) is 4.79 Å². The van der Waals surface area contributed by atoms with E-state index in [-0.39, 0.29) is 11.5 Å². The Morgan fingerprint density at radius 1 is 1.19 bits per heavy atom. The zero-order chi connectivity index (χ0) is 16.0. The molecule has 0 aliphatic carbocycles. The van der Waals surface area contributed by atoms with Crippen molar-refractivity contribution in [2.45, 2.75) is 64.8 Å². The highest BCUT2D eigenvalue weighted by Crippen LogP contribution is 2.38. The van der Waals surface area contributed by atoms with Gasteiger partial charge in [0.25, 0.3) is 0 Å². The van der Waals surface area contributed by atoms with Gasteiger partial charge in [0.1, 0.15) is 0 Å². The predicted octanol–water partition coefficient (Wildman–Crippen LogP) is 3.66. The highest BCUT2D eigenvalue weighted by atomic mass is 28.3. The molecule has 0 bridgehead atoms. The highest BCUT2D eigenvalue weighted by molar-refractivity contribution is 6.71. The standard InChI is InChI=1S/C17H26O3Si/c1-16(2,3)11-8-9-12(13(10-11)21(6)7)14-17(4,5)20-15(18)19-14/h8-10,14,21H,1-7H3/t14-/m1/s1. The van der Waals surface area contributed by atoms with E-state index >= 15 is 0 Å². The van der Waals surface area contributed by atoms with Crippen LogP contribution in [0.4, 0.5) is 4.79 Å². The Morgan fingerprint density at radius 3 is 2.24 bits per heavy atom. The Bertz CT molecular complexity index is 556. The van der Waals surface area contributed by atoms with Crippen LogP contribution in [0.15, 0.2) is 18.2 Å². The zero-order valence-corrected chi connectivity index (χ0v) is 15.3. The van der Waals surface area contributed by atoms with Gasteiger partial charge in [-0.1, -0.05) is 57.3 Å². The molecule has 0 saturated carbocycles. The number of hydrogen-bond acceptors (Lipinski definition) is 3. The molecular weight excluding hydrogens is 280 g/mol.